The Kier molecular flexibility index (Phi) is 8.55. The highest BCUT2D eigenvalue weighted by atomic mass is 32.2. The van der Waals surface area contributed by atoms with Crippen LogP contribution >= 0.6 is 11.8 Å². The number of hydrogen-bond donors (Lipinski definition) is 2. The van der Waals surface area contributed by atoms with Gasteiger partial charge in [-0.1, -0.05) is 39.5 Å². The fraction of sp³-hybridized carbons (Fsp3) is 0.500. The van der Waals surface area contributed by atoms with Crippen molar-refractivity contribution in [2.75, 3.05) is 18.4 Å². The summed E-state index contributed by atoms with van der Waals surface area (Å²) in [6.45, 7) is 14.3. The topological polar surface area (TPSA) is 94.0 Å². The van der Waals surface area contributed by atoms with Crippen molar-refractivity contribution in [1.29, 1.82) is 0 Å². The van der Waals surface area contributed by atoms with E-state index in [0.717, 1.165) is 34.3 Å². The number of thioether (sulfide) groups is 1. The fourth-order valence-electron chi connectivity index (χ4n) is 3.13. The average molecular weight is 471 g/mol. The second kappa shape index (κ2) is 11.4. The van der Waals surface area contributed by atoms with Crippen LogP contribution in [0, 0.1) is 5.92 Å². The molecule has 0 unspecified atom stereocenters. The van der Waals surface area contributed by atoms with Crippen molar-refractivity contribution >= 4 is 34.5 Å². The predicted molar refractivity (Wildman–Crippen MR) is 134 cm³/mol. The van der Waals surface area contributed by atoms with E-state index in [1.807, 2.05) is 30.7 Å². The van der Waals surface area contributed by atoms with Gasteiger partial charge in [-0.2, -0.15) is 5.10 Å². The Morgan fingerprint density at radius 1 is 1.09 bits per heavy atom. The summed E-state index contributed by atoms with van der Waals surface area (Å²) in [6.07, 6.45) is 1.88. The molecule has 0 aliphatic carbocycles. The lowest BCUT2D eigenvalue weighted by Gasteiger charge is -2.12. The van der Waals surface area contributed by atoms with Gasteiger partial charge in [0.05, 0.1) is 24.2 Å². The SMILES string of the molecule is CC(C)CNc1nc(SC(C)C)nc2c1cnn2CCNC(=O)c1ccc(OC(C)C)cc1. The predicted octanol–water partition coefficient (Wildman–Crippen LogP) is 4.61. The summed E-state index contributed by atoms with van der Waals surface area (Å²) in [5.74, 6) is 1.91. The van der Waals surface area contributed by atoms with Gasteiger partial charge in [0.15, 0.2) is 10.8 Å². The lowest BCUT2D eigenvalue weighted by molar-refractivity contribution is 0.0952. The molecule has 3 rings (SSSR count). The average Bonchev–Trinajstić information content (AvgIpc) is 3.14. The second-order valence-corrected chi connectivity index (χ2v) is 10.4. The van der Waals surface area contributed by atoms with Gasteiger partial charge >= 0.3 is 0 Å². The minimum Gasteiger partial charge on any atom is -0.491 e. The van der Waals surface area contributed by atoms with Crippen LogP contribution in [-0.2, 0) is 6.54 Å². The molecule has 178 valence electrons. The number of ether oxygens (including phenoxy) is 1. The smallest absolute Gasteiger partial charge is 0.251 e. The van der Waals surface area contributed by atoms with Crippen LogP contribution in [0.1, 0.15) is 51.9 Å². The molecule has 8 nitrogen and oxygen atoms in total. The van der Waals surface area contributed by atoms with Crippen LogP contribution in [-0.4, -0.2) is 50.1 Å². The first-order valence-corrected chi connectivity index (χ1v) is 12.3. The van der Waals surface area contributed by atoms with E-state index in [-0.39, 0.29) is 12.0 Å². The van der Waals surface area contributed by atoms with E-state index in [1.165, 1.54) is 0 Å². The van der Waals surface area contributed by atoms with Crippen LogP contribution in [0.2, 0.25) is 0 Å². The molecule has 3 aromatic rings. The van der Waals surface area contributed by atoms with Crippen LogP contribution in [0.4, 0.5) is 5.82 Å². The number of anilines is 1. The molecule has 0 aliphatic heterocycles. The van der Waals surface area contributed by atoms with Crippen LogP contribution < -0.4 is 15.4 Å². The zero-order chi connectivity index (χ0) is 24.0. The van der Waals surface area contributed by atoms with Gasteiger partial charge in [-0.05, 0) is 44.0 Å². The zero-order valence-corrected chi connectivity index (χ0v) is 21.1. The Balaban J connectivity index is 1.69. The standard InChI is InChI=1S/C24H34N6O2S/c1-15(2)13-26-21-20-14-27-30(22(20)29-24(28-21)33-17(5)6)12-11-25-23(31)18-7-9-19(10-8-18)32-16(3)4/h7-10,14-17H,11-13H2,1-6H3,(H,25,31)(H,26,28,29). The number of fused-ring (bicyclic) bond motifs is 1. The van der Waals surface area contributed by atoms with E-state index in [9.17, 15) is 4.79 Å². The van der Waals surface area contributed by atoms with Crippen LogP contribution in [0.25, 0.3) is 11.0 Å². The van der Waals surface area contributed by atoms with Gasteiger partial charge in [0.25, 0.3) is 5.91 Å². The van der Waals surface area contributed by atoms with E-state index in [0.29, 0.717) is 29.8 Å². The first-order chi connectivity index (χ1) is 15.7. The summed E-state index contributed by atoms with van der Waals surface area (Å²) in [7, 11) is 0. The number of carbonyl (C=O) groups is 1. The van der Waals surface area contributed by atoms with Gasteiger partial charge in [-0.15, -0.1) is 0 Å². The van der Waals surface area contributed by atoms with E-state index in [4.69, 9.17) is 14.7 Å². The molecule has 0 radical (unpaired) electrons. The number of amides is 1. The van der Waals surface area contributed by atoms with Crippen molar-refractivity contribution < 1.29 is 9.53 Å². The largest absolute Gasteiger partial charge is 0.491 e. The molecule has 33 heavy (non-hydrogen) atoms. The van der Waals surface area contributed by atoms with Gasteiger partial charge in [0.1, 0.15) is 11.6 Å². The van der Waals surface area contributed by atoms with E-state index < -0.39 is 0 Å². The van der Waals surface area contributed by atoms with Gasteiger partial charge in [0.2, 0.25) is 0 Å². The fourth-order valence-corrected chi connectivity index (χ4v) is 3.84. The number of nitrogens with one attached hydrogen (secondary N) is 2. The number of rotatable bonds is 11. The molecule has 0 aliphatic rings. The lowest BCUT2D eigenvalue weighted by atomic mass is 10.2. The maximum atomic E-state index is 12.5. The molecule has 1 amide bonds. The summed E-state index contributed by atoms with van der Waals surface area (Å²) in [4.78, 5) is 22.0. The van der Waals surface area contributed by atoms with E-state index >= 15 is 0 Å². The third kappa shape index (κ3) is 7.08. The van der Waals surface area contributed by atoms with Gasteiger partial charge in [-0.25, -0.2) is 14.6 Å². The Hall–Kier alpha value is -2.81. The number of aromatic nitrogens is 4. The first-order valence-electron chi connectivity index (χ1n) is 11.4. The first kappa shape index (κ1) is 24.8. The number of nitrogens with zero attached hydrogens (tertiary/aromatic N) is 4. The van der Waals surface area contributed by atoms with E-state index in [1.54, 1.807) is 30.1 Å². The molecule has 2 heterocycles. The summed E-state index contributed by atoms with van der Waals surface area (Å²) in [5.41, 5.74) is 1.36. The molecule has 9 heteroatoms. The highest BCUT2D eigenvalue weighted by Crippen LogP contribution is 2.26. The Bertz CT molecular complexity index is 1060. The molecule has 0 fully saturated rings. The maximum absolute atomic E-state index is 12.5. The highest BCUT2D eigenvalue weighted by molar-refractivity contribution is 7.99. The molecule has 1 aromatic carbocycles. The maximum Gasteiger partial charge on any atom is 0.251 e. The van der Waals surface area contributed by atoms with Crippen molar-refractivity contribution in [3.05, 3.63) is 36.0 Å². The van der Waals surface area contributed by atoms with Crippen molar-refractivity contribution in [3.63, 3.8) is 0 Å². The van der Waals surface area contributed by atoms with Crippen LogP contribution in [0.3, 0.4) is 0 Å². The molecule has 2 aromatic heterocycles. The summed E-state index contributed by atoms with van der Waals surface area (Å²) < 4.78 is 7.45. The molecule has 0 saturated heterocycles. The number of benzene rings is 1. The monoisotopic (exact) mass is 470 g/mol. The second-order valence-electron chi connectivity index (χ2n) is 8.85. The van der Waals surface area contributed by atoms with Crippen molar-refractivity contribution in [2.45, 2.75) is 64.6 Å². The zero-order valence-electron chi connectivity index (χ0n) is 20.3. The summed E-state index contributed by atoms with van der Waals surface area (Å²) in [6, 6.07) is 7.16. The summed E-state index contributed by atoms with van der Waals surface area (Å²) in [5, 5.41) is 12.9. The van der Waals surface area contributed by atoms with Crippen molar-refractivity contribution in [2.24, 2.45) is 5.92 Å². The Morgan fingerprint density at radius 2 is 1.82 bits per heavy atom. The lowest BCUT2D eigenvalue weighted by Crippen LogP contribution is -2.27. The minimum atomic E-state index is -0.132. The Labute approximate surface area is 199 Å². The molecule has 0 atom stereocenters. The molecular weight excluding hydrogens is 436 g/mol. The third-order valence-corrected chi connectivity index (χ3v) is 5.46. The minimum absolute atomic E-state index is 0.0953. The third-order valence-electron chi connectivity index (χ3n) is 4.59. The molecule has 0 bridgehead atoms. The number of carbonyl (C=O) groups excluding carboxylic acids is 1. The number of hydrogen-bond acceptors (Lipinski definition) is 7. The summed E-state index contributed by atoms with van der Waals surface area (Å²) >= 11 is 1.62. The van der Waals surface area contributed by atoms with Crippen LogP contribution in [0.5, 0.6) is 5.75 Å². The Morgan fingerprint density at radius 3 is 2.45 bits per heavy atom. The van der Waals surface area contributed by atoms with Gasteiger partial charge < -0.3 is 15.4 Å². The van der Waals surface area contributed by atoms with Crippen molar-refractivity contribution in [1.82, 2.24) is 25.1 Å². The molecule has 0 saturated carbocycles. The highest BCUT2D eigenvalue weighted by Gasteiger charge is 2.15. The van der Waals surface area contributed by atoms with Crippen LogP contribution in [0.15, 0.2) is 35.6 Å². The quantitative estimate of drug-likeness (QED) is 0.312. The van der Waals surface area contributed by atoms with Gasteiger partial charge in [0, 0.05) is 23.9 Å². The molecule has 2 N–H and O–H groups in total. The molecule has 0 spiro atoms. The van der Waals surface area contributed by atoms with Crippen molar-refractivity contribution in [3.8, 4) is 5.75 Å². The van der Waals surface area contributed by atoms with Gasteiger partial charge in [-0.3, -0.25) is 4.79 Å². The van der Waals surface area contributed by atoms with E-state index in [2.05, 4.69) is 43.4 Å². The normalized spacial score (nSPS) is 11.5. The molecular formula is C24H34N6O2S.